The number of likely N-dealkylation sites (tertiary alicyclic amines) is 1. The van der Waals surface area contributed by atoms with Gasteiger partial charge in [-0.2, -0.15) is 0 Å². The lowest BCUT2D eigenvalue weighted by Gasteiger charge is -2.44. The summed E-state index contributed by atoms with van der Waals surface area (Å²) in [5.74, 6) is -0.171. The van der Waals surface area contributed by atoms with Gasteiger partial charge in [0.05, 0.1) is 5.02 Å². The molecule has 33 heavy (non-hydrogen) atoms. The molecule has 2 aliphatic heterocycles. The van der Waals surface area contributed by atoms with Gasteiger partial charge in [0.25, 0.3) is 15.9 Å². The van der Waals surface area contributed by atoms with E-state index in [0.717, 1.165) is 25.9 Å². The molecule has 0 bridgehead atoms. The van der Waals surface area contributed by atoms with E-state index in [9.17, 15) is 13.2 Å². The van der Waals surface area contributed by atoms with Gasteiger partial charge in [0.15, 0.2) is 0 Å². The van der Waals surface area contributed by atoms with Crippen molar-refractivity contribution in [2.24, 2.45) is 0 Å². The van der Waals surface area contributed by atoms with E-state index in [2.05, 4.69) is 10.0 Å². The zero-order chi connectivity index (χ0) is 23.4. The number of nitrogens with zero attached hydrogens (tertiary/aromatic N) is 1. The molecule has 2 N–H and O–H groups in total. The first-order chi connectivity index (χ1) is 15.8. The summed E-state index contributed by atoms with van der Waals surface area (Å²) in [5, 5.41) is 3.30. The van der Waals surface area contributed by atoms with E-state index in [-0.39, 0.29) is 18.6 Å². The fourth-order valence-corrected chi connectivity index (χ4v) is 6.55. The van der Waals surface area contributed by atoms with Crippen molar-refractivity contribution in [1.29, 1.82) is 0 Å². The van der Waals surface area contributed by atoms with Crippen LogP contribution in [-0.4, -0.2) is 56.4 Å². The van der Waals surface area contributed by atoms with Crippen molar-refractivity contribution in [3.8, 4) is 5.75 Å². The van der Waals surface area contributed by atoms with E-state index in [4.69, 9.17) is 27.9 Å². The van der Waals surface area contributed by atoms with Crippen LogP contribution in [-0.2, 0) is 10.0 Å². The van der Waals surface area contributed by atoms with E-state index < -0.39 is 21.3 Å². The monoisotopic (exact) mass is 511 g/mol. The third kappa shape index (κ3) is 6.00. The van der Waals surface area contributed by atoms with Gasteiger partial charge in [-0.15, -0.1) is 0 Å². The molecule has 2 unspecified atom stereocenters. The summed E-state index contributed by atoms with van der Waals surface area (Å²) in [6.45, 7) is 2.22. The van der Waals surface area contributed by atoms with Gasteiger partial charge >= 0.3 is 0 Å². The Kier molecular flexibility index (Phi) is 7.81. The van der Waals surface area contributed by atoms with E-state index in [1.807, 2.05) is 4.90 Å². The number of hydrogen-bond acceptors (Lipinski definition) is 6. The first-order valence-corrected chi connectivity index (χ1v) is 13.3. The molecule has 0 spiro atoms. The second-order valence-corrected chi connectivity index (χ2v) is 11.0. The summed E-state index contributed by atoms with van der Waals surface area (Å²) < 4.78 is 35.3. The van der Waals surface area contributed by atoms with Crippen LogP contribution in [0, 0.1) is 0 Å². The number of halogens is 2. The third-order valence-electron chi connectivity index (χ3n) is 6.14. The van der Waals surface area contributed by atoms with Crippen LogP contribution in [0.25, 0.3) is 0 Å². The average Bonchev–Trinajstić information content (AvgIpc) is 2.82. The Morgan fingerprint density at radius 3 is 2.48 bits per heavy atom. The summed E-state index contributed by atoms with van der Waals surface area (Å²) >= 11 is 12.2. The lowest BCUT2D eigenvalue weighted by molar-refractivity contribution is 0.0482. The maximum atomic E-state index is 13.4. The smallest absolute Gasteiger partial charge is 0.264 e. The van der Waals surface area contributed by atoms with Crippen LogP contribution in [0.5, 0.6) is 5.75 Å². The van der Waals surface area contributed by atoms with Crippen LogP contribution in [0.15, 0.2) is 48.5 Å². The third-order valence-corrected chi connectivity index (χ3v) is 8.32. The fraction of sp³-hybridized carbons (Fsp3) is 0.435. The summed E-state index contributed by atoms with van der Waals surface area (Å²) in [6.07, 6.45) is 2.22. The Bertz CT molecular complexity index is 1080. The molecule has 2 fully saturated rings. The van der Waals surface area contributed by atoms with Crippen molar-refractivity contribution < 1.29 is 17.9 Å². The quantitative estimate of drug-likeness (QED) is 0.614. The molecule has 4 rings (SSSR count). The number of nitrogens with one attached hydrogen (secondary N) is 2. The van der Waals surface area contributed by atoms with Crippen molar-refractivity contribution in [1.82, 2.24) is 14.9 Å². The van der Waals surface area contributed by atoms with Crippen molar-refractivity contribution in [2.45, 2.75) is 43.2 Å². The van der Waals surface area contributed by atoms with Crippen molar-refractivity contribution in [3.63, 3.8) is 0 Å². The number of carbonyl (C=O) groups is 1. The normalized spacial score (nSPS) is 22.6. The van der Waals surface area contributed by atoms with Gasteiger partial charge in [-0.25, -0.2) is 13.1 Å². The van der Waals surface area contributed by atoms with Crippen LogP contribution in [0.2, 0.25) is 10.0 Å². The van der Waals surface area contributed by atoms with Gasteiger partial charge in [0, 0.05) is 29.6 Å². The highest BCUT2D eigenvalue weighted by Gasteiger charge is 2.42. The largest absolute Gasteiger partial charge is 0.489 e. The van der Waals surface area contributed by atoms with Gasteiger partial charge in [-0.3, -0.25) is 9.69 Å². The van der Waals surface area contributed by atoms with Crippen LogP contribution < -0.4 is 14.8 Å². The van der Waals surface area contributed by atoms with E-state index in [0.29, 0.717) is 34.3 Å². The van der Waals surface area contributed by atoms with Crippen LogP contribution in [0.1, 0.15) is 36.0 Å². The van der Waals surface area contributed by atoms with Crippen LogP contribution >= 0.6 is 23.2 Å². The Morgan fingerprint density at radius 1 is 1.06 bits per heavy atom. The molecule has 7 nitrogen and oxygen atoms in total. The maximum absolute atomic E-state index is 13.4. The lowest BCUT2D eigenvalue weighted by Crippen LogP contribution is -2.58. The van der Waals surface area contributed by atoms with Crippen LogP contribution in [0.4, 0.5) is 0 Å². The number of rotatable bonds is 6. The molecular formula is C23H27Cl2N3O4S. The Balaban J connectivity index is 1.55. The van der Waals surface area contributed by atoms with E-state index in [1.54, 1.807) is 48.5 Å². The lowest BCUT2D eigenvalue weighted by atomic mass is 9.99. The molecule has 2 aromatic carbocycles. The fourth-order valence-electron chi connectivity index (χ4n) is 4.48. The minimum Gasteiger partial charge on any atom is -0.489 e. The Hall–Kier alpha value is -1.84. The molecular weight excluding hydrogens is 485 g/mol. The molecule has 0 saturated carbocycles. The number of amides is 1. The predicted molar refractivity (Wildman–Crippen MR) is 129 cm³/mol. The number of carbonyl (C=O) groups excluding carboxylic acids is 1. The van der Waals surface area contributed by atoms with Gasteiger partial charge < -0.3 is 10.1 Å². The molecule has 2 saturated heterocycles. The standard InChI is InChI=1S/C23H27Cl2N3O4S/c24-17-6-7-21(20(25)14-17)32-19-10-13-28(18-8-11-26-12-9-18)22(15-19)33(30,31)27-23(29)16-4-2-1-3-5-16/h1-7,14,18-19,22,26H,8-13,15H2,(H,27,29). The van der Waals surface area contributed by atoms with Gasteiger partial charge in [-0.05, 0) is 62.7 Å². The molecule has 0 aliphatic carbocycles. The Morgan fingerprint density at radius 2 is 1.79 bits per heavy atom. The predicted octanol–water partition coefficient (Wildman–Crippen LogP) is 3.67. The molecule has 0 aromatic heterocycles. The number of hydrogen-bond donors (Lipinski definition) is 2. The van der Waals surface area contributed by atoms with Crippen molar-refractivity contribution in [3.05, 3.63) is 64.1 Å². The molecule has 2 aromatic rings. The maximum Gasteiger partial charge on any atom is 0.264 e. The zero-order valence-electron chi connectivity index (χ0n) is 18.0. The Labute approximate surface area is 204 Å². The summed E-state index contributed by atoms with van der Waals surface area (Å²) in [5.41, 5.74) is 0.297. The number of sulfonamides is 1. The average molecular weight is 512 g/mol. The highest BCUT2D eigenvalue weighted by molar-refractivity contribution is 7.90. The second-order valence-electron chi connectivity index (χ2n) is 8.35. The van der Waals surface area contributed by atoms with E-state index >= 15 is 0 Å². The molecule has 1 amide bonds. The first-order valence-electron chi connectivity index (χ1n) is 11.0. The molecule has 2 aliphatic rings. The van der Waals surface area contributed by atoms with Gasteiger partial charge in [-0.1, -0.05) is 41.4 Å². The molecule has 0 radical (unpaired) electrons. The zero-order valence-corrected chi connectivity index (χ0v) is 20.4. The van der Waals surface area contributed by atoms with Crippen molar-refractivity contribution in [2.75, 3.05) is 19.6 Å². The summed E-state index contributed by atoms with van der Waals surface area (Å²) in [7, 11) is -4.00. The van der Waals surface area contributed by atoms with Gasteiger partial charge in [0.1, 0.15) is 17.2 Å². The summed E-state index contributed by atoms with van der Waals surface area (Å²) in [4.78, 5) is 14.7. The first kappa shape index (κ1) is 24.3. The van der Waals surface area contributed by atoms with E-state index in [1.165, 1.54) is 0 Å². The minimum absolute atomic E-state index is 0.125. The second kappa shape index (κ2) is 10.6. The highest BCUT2D eigenvalue weighted by Crippen LogP contribution is 2.33. The number of benzene rings is 2. The molecule has 10 heteroatoms. The highest BCUT2D eigenvalue weighted by atomic mass is 35.5. The molecule has 2 heterocycles. The summed E-state index contributed by atoms with van der Waals surface area (Å²) in [6, 6.07) is 13.4. The number of piperidine rings is 2. The minimum atomic E-state index is -4.00. The van der Waals surface area contributed by atoms with Gasteiger partial charge in [0.2, 0.25) is 0 Å². The topological polar surface area (TPSA) is 87.7 Å². The SMILES string of the molecule is O=C(NS(=O)(=O)C1CC(Oc2ccc(Cl)cc2Cl)CCN1C1CCNCC1)c1ccccc1. The molecule has 178 valence electrons. The molecule has 2 atom stereocenters. The van der Waals surface area contributed by atoms with Crippen LogP contribution in [0.3, 0.4) is 0 Å². The van der Waals surface area contributed by atoms with Crippen molar-refractivity contribution >= 4 is 39.1 Å². The number of ether oxygens (including phenoxy) is 1.